The number of hydrogen-bond donors (Lipinski definition) is 0. The van der Waals surface area contributed by atoms with Crippen molar-refractivity contribution in [1.82, 2.24) is 0 Å². The van der Waals surface area contributed by atoms with Crippen LogP contribution in [0.2, 0.25) is 0 Å². The number of hydrogen-bond acceptors (Lipinski definition) is 0. The molecule has 0 heterocycles. The summed E-state index contributed by atoms with van der Waals surface area (Å²) in [6.45, 7) is 0. The number of rotatable bonds is 1. The van der Waals surface area contributed by atoms with E-state index in [0.717, 1.165) is 6.07 Å². The maximum Gasteiger partial charge on any atom is 0.161 e. The highest BCUT2D eigenvalue weighted by Gasteiger charge is 2.04. The SMILES string of the molecule is F/C=C(\F)c1ccccc1F. The summed E-state index contributed by atoms with van der Waals surface area (Å²) in [7, 11) is 0. The first-order chi connectivity index (χ1) is 5.25. The van der Waals surface area contributed by atoms with Gasteiger partial charge in [-0.3, -0.25) is 0 Å². The molecule has 0 saturated carbocycles. The molecule has 1 aromatic rings. The van der Waals surface area contributed by atoms with Gasteiger partial charge in [0.05, 0.1) is 0 Å². The molecule has 0 aliphatic rings. The Bertz CT molecular complexity index is 278. The zero-order valence-corrected chi connectivity index (χ0v) is 5.52. The average Bonchev–Trinajstić information content (AvgIpc) is 2.04. The second-order valence-electron chi connectivity index (χ2n) is 1.94. The average molecular weight is 158 g/mol. The molecule has 0 radical (unpaired) electrons. The van der Waals surface area contributed by atoms with Crippen molar-refractivity contribution in [3.05, 3.63) is 42.0 Å². The van der Waals surface area contributed by atoms with Gasteiger partial charge >= 0.3 is 0 Å². The van der Waals surface area contributed by atoms with Crippen LogP contribution in [0.5, 0.6) is 0 Å². The highest BCUT2D eigenvalue weighted by molar-refractivity contribution is 5.58. The normalized spacial score (nSPS) is 11.7. The number of benzene rings is 1. The van der Waals surface area contributed by atoms with Crippen LogP contribution in [-0.2, 0) is 0 Å². The third-order valence-electron chi connectivity index (χ3n) is 1.23. The number of halogens is 3. The van der Waals surface area contributed by atoms with Crippen LogP contribution >= 0.6 is 0 Å². The molecule has 58 valence electrons. The van der Waals surface area contributed by atoms with Crippen LogP contribution in [0.3, 0.4) is 0 Å². The summed E-state index contributed by atoms with van der Waals surface area (Å²) >= 11 is 0. The monoisotopic (exact) mass is 158 g/mol. The zero-order chi connectivity index (χ0) is 8.27. The van der Waals surface area contributed by atoms with E-state index in [4.69, 9.17) is 0 Å². The van der Waals surface area contributed by atoms with Crippen molar-refractivity contribution in [2.24, 2.45) is 0 Å². The van der Waals surface area contributed by atoms with Crippen LogP contribution < -0.4 is 0 Å². The Morgan fingerprint density at radius 3 is 2.45 bits per heavy atom. The Kier molecular flexibility index (Phi) is 2.31. The van der Waals surface area contributed by atoms with Gasteiger partial charge in [-0.2, -0.15) is 0 Å². The van der Waals surface area contributed by atoms with E-state index in [1.807, 2.05) is 0 Å². The van der Waals surface area contributed by atoms with Gasteiger partial charge in [-0.1, -0.05) is 12.1 Å². The molecule has 0 saturated heterocycles. The fourth-order valence-electron chi connectivity index (χ4n) is 0.714. The van der Waals surface area contributed by atoms with Gasteiger partial charge in [0, 0.05) is 5.56 Å². The largest absolute Gasteiger partial charge is 0.212 e. The minimum absolute atomic E-state index is 0.265. The Balaban J connectivity index is 3.14. The summed E-state index contributed by atoms with van der Waals surface area (Å²) in [4.78, 5) is 0. The third kappa shape index (κ3) is 1.61. The minimum Gasteiger partial charge on any atom is -0.212 e. The minimum atomic E-state index is -1.19. The summed E-state index contributed by atoms with van der Waals surface area (Å²) in [5, 5.41) is 0. The van der Waals surface area contributed by atoms with Crippen molar-refractivity contribution in [2.75, 3.05) is 0 Å². The summed E-state index contributed by atoms with van der Waals surface area (Å²) in [6.07, 6.45) is -0.265. The molecule has 0 amide bonds. The van der Waals surface area contributed by atoms with Crippen LogP contribution in [0, 0.1) is 5.82 Å². The predicted molar refractivity (Wildman–Crippen MR) is 36.6 cm³/mol. The molecule has 0 fully saturated rings. The van der Waals surface area contributed by atoms with Gasteiger partial charge in [0.15, 0.2) is 5.83 Å². The summed E-state index contributed by atoms with van der Waals surface area (Å²) in [5.41, 5.74) is -0.352. The zero-order valence-electron chi connectivity index (χ0n) is 5.52. The molecule has 3 heteroatoms. The molecule has 0 spiro atoms. The van der Waals surface area contributed by atoms with Gasteiger partial charge in [-0.15, -0.1) is 0 Å². The van der Waals surface area contributed by atoms with Crippen molar-refractivity contribution in [3.63, 3.8) is 0 Å². The Morgan fingerprint density at radius 1 is 1.27 bits per heavy atom. The first-order valence-electron chi connectivity index (χ1n) is 2.96. The standard InChI is InChI=1S/C8H5F3/c9-5-8(11)6-3-1-2-4-7(6)10/h1-5H/b8-5-. The van der Waals surface area contributed by atoms with Gasteiger partial charge in [-0.25, -0.2) is 13.2 Å². The van der Waals surface area contributed by atoms with Gasteiger partial charge in [0.1, 0.15) is 12.1 Å². The molecule has 0 atom stereocenters. The smallest absolute Gasteiger partial charge is 0.161 e. The molecule has 1 rings (SSSR count). The van der Waals surface area contributed by atoms with E-state index in [0.29, 0.717) is 0 Å². The first kappa shape index (κ1) is 7.85. The molecule has 0 aromatic heterocycles. The molecule has 11 heavy (non-hydrogen) atoms. The highest BCUT2D eigenvalue weighted by atomic mass is 19.2. The molecule has 0 aliphatic carbocycles. The maximum absolute atomic E-state index is 12.6. The molecule has 0 unspecified atom stereocenters. The second-order valence-corrected chi connectivity index (χ2v) is 1.94. The van der Waals surface area contributed by atoms with E-state index in [9.17, 15) is 13.2 Å². The topological polar surface area (TPSA) is 0 Å². The van der Waals surface area contributed by atoms with E-state index in [1.165, 1.54) is 18.2 Å². The van der Waals surface area contributed by atoms with Crippen molar-refractivity contribution in [1.29, 1.82) is 0 Å². The van der Waals surface area contributed by atoms with Gasteiger partial charge in [0.25, 0.3) is 0 Å². The van der Waals surface area contributed by atoms with Gasteiger partial charge < -0.3 is 0 Å². The molecule has 0 N–H and O–H groups in total. The quantitative estimate of drug-likeness (QED) is 0.589. The molecule has 0 bridgehead atoms. The van der Waals surface area contributed by atoms with E-state index < -0.39 is 11.6 Å². The molecular formula is C8H5F3. The van der Waals surface area contributed by atoms with E-state index in [1.54, 1.807) is 0 Å². The Hall–Kier alpha value is -1.25. The van der Waals surface area contributed by atoms with Crippen LogP contribution in [0.4, 0.5) is 13.2 Å². The van der Waals surface area contributed by atoms with Crippen LogP contribution in [0.25, 0.3) is 5.83 Å². The summed E-state index contributed by atoms with van der Waals surface area (Å²) in [5.74, 6) is -1.96. The Morgan fingerprint density at radius 2 is 1.91 bits per heavy atom. The highest BCUT2D eigenvalue weighted by Crippen LogP contribution is 2.18. The van der Waals surface area contributed by atoms with E-state index in [2.05, 4.69) is 0 Å². The third-order valence-corrected chi connectivity index (χ3v) is 1.23. The van der Waals surface area contributed by atoms with Gasteiger partial charge in [-0.05, 0) is 12.1 Å². The fraction of sp³-hybridized carbons (Fsp3) is 0. The first-order valence-corrected chi connectivity index (χ1v) is 2.96. The van der Waals surface area contributed by atoms with Crippen molar-refractivity contribution >= 4 is 5.83 Å². The molecule has 1 aromatic carbocycles. The summed E-state index contributed by atoms with van der Waals surface area (Å²) in [6, 6.07) is 5.07. The van der Waals surface area contributed by atoms with Crippen molar-refractivity contribution in [3.8, 4) is 0 Å². The lowest BCUT2D eigenvalue weighted by molar-refractivity contribution is 0.607. The van der Waals surface area contributed by atoms with Crippen LogP contribution in [0.15, 0.2) is 30.6 Å². The van der Waals surface area contributed by atoms with E-state index >= 15 is 0 Å². The van der Waals surface area contributed by atoms with Crippen molar-refractivity contribution < 1.29 is 13.2 Å². The second kappa shape index (κ2) is 3.23. The maximum atomic E-state index is 12.6. The predicted octanol–water partition coefficient (Wildman–Crippen LogP) is 3.06. The molecule has 0 aliphatic heterocycles. The van der Waals surface area contributed by atoms with E-state index in [-0.39, 0.29) is 11.9 Å². The Labute approximate surface area is 62.0 Å². The molecule has 0 nitrogen and oxygen atoms in total. The summed E-state index contributed by atoms with van der Waals surface area (Å²) < 4.78 is 36.5. The lowest BCUT2D eigenvalue weighted by Gasteiger charge is -1.95. The van der Waals surface area contributed by atoms with Crippen LogP contribution in [0.1, 0.15) is 5.56 Å². The van der Waals surface area contributed by atoms with Crippen LogP contribution in [-0.4, -0.2) is 0 Å². The van der Waals surface area contributed by atoms with Crippen molar-refractivity contribution in [2.45, 2.75) is 0 Å². The lowest BCUT2D eigenvalue weighted by Crippen LogP contribution is -1.82. The lowest BCUT2D eigenvalue weighted by atomic mass is 10.2. The molecular weight excluding hydrogens is 153 g/mol. The fourth-order valence-corrected chi connectivity index (χ4v) is 0.714. The van der Waals surface area contributed by atoms with Gasteiger partial charge in [0.2, 0.25) is 0 Å².